The van der Waals surface area contributed by atoms with Gasteiger partial charge in [-0.2, -0.15) is 0 Å². The average Bonchev–Trinajstić information content (AvgIpc) is 2.90. The number of ketones is 1. The summed E-state index contributed by atoms with van der Waals surface area (Å²) in [6.07, 6.45) is 0. The number of hydrogen-bond donors (Lipinski definition) is 0. The van der Waals surface area contributed by atoms with Gasteiger partial charge in [0.25, 0.3) is 0 Å². The van der Waals surface area contributed by atoms with Gasteiger partial charge in [0.2, 0.25) is 0 Å². The molecule has 0 amide bonds. The van der Waals surface area contributed by atoms with Crippen LogP contribution >= 0.6 is 11.3 Å². The summed E-state index contributed by atoms with van der Waals surface area (Å²) in [6, 6.07) is 16.0. The molecule has 3 rings (SSSR count). The van der Waals surface area contributed by atoms with E-state index in [4.69, 9.17) is 4.74 Å². The highest BCUT2D eigenvalue weighted by Gasteiger charge is 2.06. The maximum atomic E-state index is 11.3. The summed E-state index contributed by atoms with van der Waals surface area (Å²) in [5, 5.41) is 1.21. The first kappa shape index (κ1) is 12.9. The van der Waals surface area contributed by atoms with E-state index in [1.165, 1.54) is 15.0 Å². The number of fused-ring (bicyclic) bond motifs is 1. The summed E-state index contributed by atoms with van der Waals surface area (Å²) < 4.78 is 6.45. The first-order chi connectivity index (χ1) is 9.67. The van der Waals surface area contributed by atoms with Crippen molar-refractivity contribution in [2.45, 2.75) is 6.92 Å². The molecular weight excluding hydrogens is 268 g/mol. The van der Waals surface area contributed by atoms with E-state index in [0.717, 1.165) is 16.9 Å². The van der Waals surface area contributed by atoms with Crippen molar-refractivity contribution >= 4 is 27.2 Å². The topological polar surface area (TPSA) is 26.3 Å². The van der Waals surface area contributed by atoms with Crippen LogP contribution in [0.15, 0.2) is 48.5 Å². The average molecular weight is 282 g/mol. The van der Waals surface area contributed by atoms with Crippen molar-refractivity contribution in [1.82, 2.24) is 0 Å². The minimum absolute atomic E-state index is 0.0950. The molecular formula is C17H14O2S. The Labute approximate surface area is 121 Å². The lowest BCUT2D eigenvalue weighted by Gasteiger charge is -1.98. The van der Waals surface area contributed by atoms with Gasteiger partial charge in [-0.15, -0.1) is 11.3 Å². The number of carbonyl (C=O) groups is 1. The standard InChI is InChI=1S/C17H14O2S/c1-11(18)12-3-5-13(6-4-12)16-9-14-7-8-15(19-2)10-17(14)20-16/h3-10H,1-2H3. The lowest BCUT2D eigenvalue weighted by atomic mass is 10.1. The van der Waals surface area contributed by atoms with Crippen molar-refractivity contribution in [3.8, 4) is 16.2 Å². The number of methoxy groups -OCH3 is 1. The van der Waals surface area contributed by atoms with E-state index in [1.807, 2.05) is 36.4 Å². The molecule has 3 aromatic rings. The molecule has 0 unspecified atom stereocenters. The first-order valence-electron chi connectivity index (χ1n) is 6.36. The van der Waals surface area contributed by atoms with Gasteiger partial charge >= 0.3 is 0 Å². The van der Waals surface area contributed by atoms with Crippen molar-refractivity contribution < 1.29 is 9.53 Å². The Morgan fingerprint density at radius 2 is 1.80 bits per heavy atom. The Bertz CT molecular complexity index is 769. The molecule has 0 saturated heterocycles. The molecule has 1 aromatic heterocycles. The van der Waals surface area contributed by atoms with Crippen molar-refractivity contribution in [3.05, 3.63) is 54.1 Å². The third-order valence-electron chi connectivity index (χ3n) is 3.30. The van der Waals surface area contributed by atoms with Crippen LogP contribution in [-0.2, 0) is 0 Å². The molecule has 0 radical (unpaired) electrons. The molecule has 2 nitrogen and oxygen atoms in total. The normalized spacial score (nSPS) is 10.7. The Hall–Kier alpha value is -2.13. The van der Waals surface area contributed by atoms with E-state index < -0.39 is 0 Å². The Morgan fingerprint density at radius 1 is 1.05 bits per heavy atom. The van der Waals surface area contributed by atoms with Gasteiger partial charge in [0.15, 0.2) is 5.78 Å². The van der Waals surface area contributed by atoms with Crippen LogP contribution < -0.4 is 4.74 Å². The highest BCUT2D eigenvalue weighted by molar-refractivity contribution is 7.22. The van der Waals surface area contributed by atoms with Crippen LogP contribution in [0.25, 0.3) is 20.5 Å². The van der Waals surface area contributed by atoms with Gasteiger partial charge in [0.1, 0.15) is 5.75 Å². The SMILES string of the molecule is COc1ccc2cc(-c3ccc(C(C)=O)cc3)sc2c1. The fourth-order valence-corrected chi connectivity index (χ4v) is 3.25. The summed E-state index contributed by atoms with van der Waals surface area (Å²) in [7, 11) is 1.68. The molecule has 0 bridgehead atoms. The van der Waals surface area contributed by atoms with E-state index in [1.54, 1.807) is 25.4 Å². The van der Waals surface area contributed by atoms with Crippen molar-refractivity contribution in [2.75, 3.05) is 7.11 Å². The van der Waals surface area contributed by atoms with Crippen LogP contribution in [0.2, 0.25) is 0 Å². The Morgan fingerprint density at radius 3 is 2.45 bits per heavy atom. The zero-order valence-electron chi connectivity index (χ0n) is 11.3. The number of benzene rings is 2. The third-order valence-corrected chi connectivity index (χ3v) is 4.45. The highest BCUT2D eigenvalue weighted by atomic mass is 32.1. The van der Waals surface area contributed by atoms with Crippen molar-refractivity contribution in [3.63, 3.8) is 0 Å². The van der Waals surface area contributed by atoms with Crippen LogP contribution in [0.5, 0.6) is 5.75 Å². The number of Topliss-reactive ketones (excluding diaryl/α,β-unsaturated/α-hetero) is 1. The molecule has 0 aliphatic rings. The van der Waals surface area contributed by atoms with Gasteiger partial charge in [0.05, 0.1) is 7.11 Å². The number of ether oxygens (including phenoxy) is 1. The van der Waals surface area contributed by atoms with Gasteiger partial charge in [-0.1, -0.05) is 24.3 Å². The fraction of sp³-hybridized carbons (Fsp3) is 0.118. The Balaban J connectivity index is 2.03. The molecule has 1 heterocycles. The number of thiophene rings is 1. The largest absolute Gasteiger partial charge is 0.497 e. The summed E-state index contributed by atoms with van der Waals surface area (Å²) in [6.45, 7) is 1.58. The molecule has 2 aromatic carbocycles. The van der Waals surface area contributed by atoms with Gasteiger partial charge in [0, 0.05) is 15.1 Å². The minimum atomic E-state index is 0.0950. The van der Waals surface area contributed by atoms with Crippen LogP contribution in [0.1, 0.15) is 17.3 Å². The first-order valence-corrected chi connectivity index (χ1v) is 7.18. The maximum absolute atomic E-state index is 11.3. The molecule has 0 atom stereocenters. The van der Waals surface area contributed by atoms with Gasteiger partial charge in [-0.25, -0.2) is 0 Å². The van der Waals surface area contributed by atoms with Crippen LogP contribution in [0.3, 0.4) is 0 Å². The lowest BCUT2D eigenvalue weighted by molar-refractivity contribution is 0.101. The molecule has 0 saturated carbocycles. The monoisotopic (exact) mass is 282 g/mol. The third kappa shape index (κ3) is 2.32. The summed E-state index contributed by atoms with van der Waals surface area (Å²) in [5.41, 5.74) is 1.88. The second-order valence-corrected chi connectivity index (χ2v) is 5.73. The molecule has 0 aliphatic heterocycles. The summed E-state index contributed by atoms with van der Waals surface area (Å²) in [5.74, 6) is 0.968. The Kier molecular flexibility index (Phi) is 3.28. The summed E-state index contributed by atoms with van der Waals surface area (Å²) >= 11 is 1.73. The molecule has 0 spiro atoms. The van der Waals surface area contributed by atoms with Crippen molar-refractivity contribution in [1.29, 1.82) is 0 Å². The second kappa shape index (κ2) is 5.10. The summed E-state index contributed by atoms with van der Waals surface area (Å²) in [4.78, 5) is 12.5. The molecule has 3 heteroatoms. The maximum Gasteiger partial charge on any atom is 0.159 e. The predicted molar refractivity (Wildman–Crippen MR) is 83.8 cm³/mol. The van der Waals surface area contributed by atoms with Crippen molar-refractivity contribution in [2.24, 2.45) is 0 Å². The van der Waals surface area contributed by atoms with Gasteiger partial charge in [-0.05, 0) is 42.1 Å². The second-order valence-electron chi connectivity index (χ2n) is 4.65. The quantitative estimate of drug-likeness (QED) is 0.646. The smallest absolute Gasteiger partial charge is 0.159 e. The zero-order chi connectivity index (χ0) is 14.1. The van der Waals surface area contributed by atoms with E-state index in [9.17, 15) is 4.79 Å². The zero-order valence-corrected chi connectivity index (χ0v) is 12.2. The van der Waals surface area contributed by atoms with Crippen LogP contribution in [0.4, 0.5) is 0 Å². The van der Waals surface area contributed by atoms with E-state index in [-0.39, 0.29) is 5.78 Å². The fourth-order valence-electron chi connectivity index (χ4n) is 2.15. The number of hydrogen-bond acceptors (Lipinski definition) is 3. The molecule has 20 heavy (non-hydrogen) atoms. The molecule has 0 N–H and O–H groups in total. The number of rotatable bonds is 3. The van der Waals surface area contributed by atoms with Gasteiger partial charge < -0.3 is 4.74 Å². The molecule has 0 aliphatic carbocycles. The van der Waals surface area contributed by atoms with E-state index in [0.29, 0.717) is 0 Å². The van der Waals surface area contributed by atoms with E-state index in [2.05, 4.69) is 12.1 Å². The lowest BCUT2D eigenvalue weighted by Crippen LogP contribution is -1.90. The van der Waals surface area contributed by atoms with E-state index >= 15 is 0 Å². The minimum Gasteiger partial charge on any atom is -0.497 e. The highest BCUT2D eigenvalue weighted by Crippen LogP contribution is 2.35. The number of carbonyl (C=O) groups excluding carboxylic acids is 1. The molecule has 100 valence electrons. The van der Waals surface area contributed by atoms with Crippen LogP contribution in [0, 0.1) is 0 Å². The van der Waals surface area contributed by atoms with Gasteiger partial charge in [-0.3, -0.25) is 4.79 Å². The van der Waals surface area contributed by atoms with Crippen LogP contribution in [-0.4, -0.2) is 12.9 Å². The molecule has 0 fully saturated rings. The predicted octanol–water partition coefficient (Wildman–Crippen LogP) is 4.78.